The van der Waals surface area contributed by atoms with Gasteiger partial charge in [-0.25, -0.2) is 28.2 Å². The molecule has 0 radical (unpaired) electrons. The van der Waals surface area contributed by atoms with E-state index in [0.717, 1.165) is 24.8 Å². The Balaban J connectivity index is 0.791. The SMILES string of the molecule is CN(CCCOCCCc1ccc2c(c1)n(C)c(=O)n2C1CCC(=O)NC1=O)C(=O)c1ccc(-n2cc(NC(=O)c3coc(-c4ccnc(NCC5CC5)c4)n3)c(C(F)F)n2)cc1. The van der Waals surface area contributed by atoms with Crippen LogP contribution in [0.5, 0.6) is 0 Å². The fraction of sp³-hybridized carbons (Fsp3) is 0.364. The van der Waals surface area contributed by atoms with Crippen LogP contribution < -0.4 is 21.6 Å². The molecule has 1 aliphatic heterocycles. The lowest BCUT2D eigenvalue weighted by molar-refractivity contribution is -0.135. The molecule has 1 saturated carbocycles. The lowest BCUT2D eigenvalue weighted by atomic mass is 10.1. The molecule has 0 spiro atoms. The number of aryl methyl sites for hydroxylation is 2. The second kappa shape index (κ2) is 18.5. The van der Waals surface area contributed by atoms with Gasteiger partial charge in [0.15, 0.2) is 11.4 Å². The summed E-state index contributed by atoms with van der Waals surface area (Å²) in [5.74, 6) is -0.324. The summed E-state index contributed by atoms with van der Waals surface area (Å²) in [5, 5.41) is 12.1. The number of oxazole rings is 1. The van der Waals surface area contributed by atoms with Gasteiger partial charge in [0, 0.05) is 64.1 Å². The number of alkyl halides is 2. The summed E-state index contributed by atoms with van der Waals surface area (Å²) in [5.41, 5.74) is 2.47. The van der Waals surface area contributed by atoms with Crippen LogP contribution in [0.4, 0.5) is 20.3 Å². The maximum atomic E-state index is 14.1. The van der Waals surface area contributed by atoms with E-state index in [9.17, 15) is 32.8 Å². The summed E-state index contributed by atoms with van der Waals surface area (Å²) in [6.45, 7) is 2.18. The van der Waals surface area contributed by atoms with Gasteiger partial charge >= 0.3 is 5.69 Å². The van der Waals surface area contributed by atoms with Gasteiger partial charge in [0.25, 0.3) is 18.2 Å². The quantitative estimate of drug-likeness (QED) is 0.0710. The summed E-state index contributed by atoms with van der Waals surface area (Å²) in [7, 11) is 3.35. The molecular formula is C44H46F2N10O7. The number of imide groups is 1. The Morgan fingerprint density at radius 3 is 2.57 bits per heavy atom. The Labute approximate surface area is 359 Å². The number of piperidine rings is 1. The van der Waals surface area contributed by atoms with Crippen LogP contribution in [0.3, 0.4) is 0 Å². The number of aromatic nitrogens is 6. The lowest BCUT2D eigenvalue weighted by Gasteiger charge is -2.21. The smallest absolute Gasteiger partial charge is 0.329 e. The van der Waals surface area contributed by atoms with Crippen molar-refractivity contribution in [2.24, 2.45) is 13.0 Å². The molecule has 2 aliphatic rings. The van der Waals surface area contributed by atoms with E-state index in [1.54, 1.807) is 61.6 Å². The van der Waals surface area contributed by atoms with Crippen molar-refractivity contribution in [1.29, 1.82) is 0 Å². The second-order valence-electron chi connectivity index (χ2n) is 15.8. The first-order valence-electron chi connectivity index (χ1n) is 20.8. The van der Waals surface area contributed by atoms with Crippen LogP contribution in [0, 0.1) is 5.92 Å². The van der Waals surface area contributed by atoms with E-state index in [1.807, 2.05) is 18.2 Å². The zero-order valence-corrected chi connectivity index (χ0v) is 34.7. The number of rotatable bonds is 18. The largest absolute Gasteiger partial charge is 0.444 e. The number of nitrogens with one attached hydrogen (secondary N) is 3. The number of hydrogen-bond donors (Lipinski definition) is 3. The molecule has 4 aromatic heterocycles. The van der Waals surface area contributed by atoms with Gasteiger partial charge < -0.3 is 24.7 Å². The molecule has 2 aromatic carbocycles. The predicted molar refractivity (Wildman–Crippen MR) is 227 cm³/mol. The van der Waals surface area contributed by atoms with Gasteiger partial charge in [-0.05, 0) is 98.5 Å². The zero-order valence-electron chi connectivity index (χ0n) is 34.7. The van der Waals surface area contributed by atoms with Gasteiger partial charge in [0.1, 0.15) is 18.1 Å². The first-order valence-corrected chi connectivity index (χ1v) is 20.8. The summed E-state index contributed by atoms with van der Waals surface area (Å²) < 4.78 is 43.7. The molecule has 1 saturated heterocycles. The molecule has 8 rings (SSSR count). The zero-order chi connectivity index (χ0) is 44.2. The Morgan fingerprint density at radius 1 is 1.02 bits per heavy atom. The number of nitrogens with zero attached hydrogens (tertiary/aromatic N) is 7. The minimum atomic E-state index is -2.99. The van der Waals surface area contributed by atoms with Crippen molar-refractivity contribution in [1.82, 2.24) is 39.1 Å². The van der Waals surface area contributed by atoms with Crippen molar-refractivity contribution < 1.29 is 37.1 Å². The van der Waals surface area contributed by atoms with Gasteiger partial charge in [0.2, 0.25) is 17.7 Å². The van der Waals surface area contributed by atoms with Crippen LogP contribution >= 0.6 is 0 Å². The van der Waals surface area contributed by atoms with E-state index in [0.29, 0.717) is 72.2 Å². The third-order valence-corrected chi connectivity index (χ3v) is 11.1. The number of carbonyl (C=O) groups excluding carboxylic acids is 4. The first-order chi connectivity index (χ1) is 30.4. The van der Waals surface area contributed by atoms with Crippen LogP contribution in [0.2, 0.25) is 0 Å². The molecule has 5 heterocycles. The maximum Gasteiger partial charge on any atom is 0.329 e. The highest BCUT2D eigenvalue weighted by molar-refractivity contribution is 6.03. The van der Waals surface area contributed by atoms with Crippen LogP contribution in [-0.2, 0) is 27.8 Å². The molecule has 17 nitrogen and oxygen atoms in total. The normalized spacial score (nSPS) is 15.2. The molecule has 63 heavy (non-hydrogen) atoms. The highest BCUT2D eigenvalue weighted by atomic mass is 19.3. The molecule has 2 fully saturated rings. The number of imidazole rings is 1. The molecule has 328 valence electrons. The number of benzene rings is 2. The number of carbonyl (C=O) groups is 4. The number of pyridine rings is 1. The second-order valence-corrected chi connectivity index (χ2v) is 15.8. The van der Waals surface area contributed by atoms with Gasteiger partial charge in [-0.2, -0.15) is 5.10 Å². The van der Waals surface area contributed by atoms with Crippen LogP contribution in [0.25, 0.3) is 28.2 Å². The van der Waals surface area contributed by atoms with E-state index in [1.165, 1.54) is 32.9 Å². The Bertz CT molecular complexity index is 2720. The molecule has 0 bridgehead atoms. The molecule has 1 atom stereocenters. The number of anilines is 2. The average Bonchev–Trinajstić information content (AvgIpc) is 3.69. The third-order valence-electron chi connectivity index (χ3n) is 11.1. The number of hydrogen-bond acceptors (Lipinski definition) is 11. The minimum absolute atomic E-state index is 0.107. The Hall–Kier alpha value is -7.02. The molecule has 6 aromatic rings. The Kier molecular flexibility index (Phi) is 12.5. The van der Waals surface area contributed by atoms with E-state index in [-0.39, 0.29) is 47.6 Å². The predicted octanol–water partition coefficient (Wildman–Crippen LogP) is 5.68. The fourth-order valence-electron chi connectivity index (χ4n) is 7.46. The minimum Gasteiger partial charge on any atom is -0.444 e. The number of ether oxygens (including phenoxy) is 1. The monoisotopic (exact) mass is 864 g/mol. The van der Waals surface area contributed by atoms with Gasteiger partial charge in [-0.3, -0.25) is 33.6 Å². The lowest BCUT2D eigenvalue weighted by Crippen LogP contribution is -2.44. The summed E-state index contributed by atoms with van der Waals surface area (Å²) in [4.78, 5) is 73.6. The number of halogens is 2. The van der Waals surface area contributed by atoms with E-state index in [4.69, 9.17) is 9.15 Å². The van der Waals surface area contributed by atoms with Crippen molar-refractivity contribution in [2.45, 2.75) is 57.4 Å². The van der Waals surface area contributed by atoms with Crippen molar-refractivity contribution in [3.8, 4) is 17.1 Å². The summed E-state index contributed by atoms with van der Waals surface area (Å²) >= 11 is 0. The van der Waals surface area contributed by atoms with Crippen molar-refractivity contribution in [3.63, 3.8) is 0 Å². The van der Waals surface area contributed by atoms with Crippen molar-refractivity contribution >= 4 is 46.2 Å². The highest BCUT2D eigenvalue weighted by Gasteiger charge is 2.31. The van der Waals surface area contributed by atoms with Gasteiger partial charge in [0.05, 0.1) is 28.6 Å². The van der Waals surface area contributed by atoms with E-state index < -0.39 is 30.0 Å². The number of fused-ring (bicyclic) bond motifs is 1. The molecule has 1 aliphatic carbocycles. The van der Waals surface area contributed by atoms with E-state index in [2.05, 4.69) is 31.0 Å². The highest BCUT2D eigenvalue weighted by Crippen LogP contribution is 2.31. The summed E-state index contributed by atoms with van der Waals surface area (Å²) in [6.07, 6.45) is 5.90. The van der Waals surface area contributed by atoms with Crippen LogP contribution in [0.15, 0.2) is 82.5 Å². The molecular weight excluding hydrogens is 819 g/mol. The molecule has 3 N–H and O–H groups in total. The maximum absolute atomic E-state index is 14.1. The standard InChI is InChI=1S/C44H46F2N10O7/c1-53(18-4-20-62-19-3-5-26-8-13-33-35(21-26)54(2)44(61)56(33)34-14-15-37(57)51-41(34)59)43(60)28-9-11-30(12-10-28)55-24-31(38(52-55)39(45)46)49-40(58)32-25-63-42(50-32)29-16-17-47-36(22-29)48-23-27-6-7-27/h8-13,16-17,21-22,24-25,27,34,39H,3-7,14-15,18-20,23H2,1-2H3,(H,47,48)(H,49,58)(H,51,57,59). The van der Waals surface area contributed by atoms with Crippen molar-refractivity contribution in [2.75, 3.05) is 44.0 Å². The third kappa shape index (κ3) is 9.72. The average molecular weight is 865 g/mol. The molecule has 4 amide bonds. The van der Waals surface area contributed by atoms with Crippen LogP contribution in [-0.4, -0.2) is 90.8 Å². The van der Waals surface area contributed by atoms with Gasteiger partial charge in [-0.15, -0.1) is 0 Å². The van der Waals surface area contributed by atoms with E-state index >= 15 is 0 Å². The topological polar surface area (TPSA) is 201 Å². The number of amides is 4. The summed E-state index contributed by atoms with van der Waals surface area (Å²) in [6, 6.07) is 14.7. The fourth-order valence-corrected chi connectivity index (χ4v) is 7.46. The first kappa shape index (κ1) is 42.7. The molecule has 1 unspecified atom stereocenters. The van der Waals surface area contributed by atoms with Crippen molar-refractivity contribution in [3.05, 3.63) is 106 Å². The molecule has 19 heteroatoms. The Morgan fingerprint density at radius 2 is 1.81 bits per heavy atom. The van der Waals surface area contributed by atoms with Crippen LogP contribution in [0.1, 0.15) is 83.1 Å². The van der Waals surface area contributed by atoms with Gasteiger partial charge in [-0.1, -0.05) is 6.07 Å².